The van der Waals surface area contributed by atoms with Crippen LogP contribution in [0.1, 0.15) is 38.2 Å². The van der Waals surface area contributed by atoms with Crippen LogP contribution < -0.4 is 10.0 Å². The maximum Gasteiger partial charge on any atom is 0.241 e. The van der Waals surface area contributed by atoms with Gasteiger partial charge in [-0.15, -0.1) is 0 Å². The van der Waals surface area contributed by atoms with Gasteiger partial charge in [0, 0.05) is 17.6 Å². The van der Waals surface area contributed by atoms with Gasteiger partial charge in [0.05, 0.1) is 4.90 Å². The minimum atomic E-state index is -3.59. The van der Waals surface area contributed by atoms with E-state index in [9.17, 15) is 12.8 Å². The van der Waals surface area contributed by atoms with Gasteiger partial charge in [0.15, 0.2) is 0 Å². The zero-order chi connectivity index (χ0) is 14.8. The van der Waals surface area contributed by atoms with Crippen LogP contribution in [-0.4, -0.2) is 21.0 Å². The molecule has 4 nitrogen and oxygen atoms in total. The molecule has 0 amide bonds. The molecule has 0 unspecified atom stereocenters. The second-order valence-corrected chi connectivity index (χ2v) is 7.06. The predicted molar refractivity (Wildman–Crippen MR) is 76.4 cm³/mol. The minimum absolute atomic E-state index is 0.129. The van der Waals surface area contributed by atoms with Crippen LogP contribution in [0, 0.1) is 5.82 Å². The van der Waals surface area contributed by atoms with Crippen LogP contribution in [0.3, 0.4) is 0 Å². The van der Waals surface area contributed by atoms with Crippen molar-refractivity contribution in [3.63, 3.8) is 0 Å². The molecule has 112 valence electrons. The van der Waals surface area contributed by atoms with Gasteiger partial charge >= 0.3 is 0 Å². The van der Waals surface area contributed by atoms with E-state index in [2.05, 4.69) is 10.0 Å². The highest BCUT2D eigenvalue weighted by molar-refractivity contribution is 7.89. The molecule has 0 spiro atoms. The third kappa shape index (κ3) is 3.02. The monoisotopic (exact) mass is 300 g/mol. The van der Waals surface area contributed by atoms with E-state index in [0.29, 0.717) is 12.1 Å². The van der Waals surface area contributed by atoms with Gasteiger partial charge in [-0.25, -0.2) is 17.5 Å². The summed E-state index contributed by atoms with van der Waals surface area (Å²) >= 11 is 0. The number of rotatable bonds is 6. The second kappa shape index (κ2) is 5.79. The normalized spacial score (nSPS) is 17.8. The Morgan fingerprint density at radius 2 is 2.05 bits per heavy atom. The molecule has 0 bridgehead atoms. The standard InChI is InChI=1S/C14H21FN2O2S/c1-3-14(7-4-8-14)17-20(18,19)12-5-6-13(15)11(9-12)10-16-2/h5-6,9,16-17H,3-4,7-8,10H2,1-2H3. The van der Waals surface area contributed by atoms with E-state index in [4.69, 9.17) is 0 Å². The molecule has 0 saturated heterocycles. The van der Waals surface area contributed by atoms with Crippen molar-refractivity contribution in [1.82, 2.24) is 10.0 Å². The molecule has 1 fully saturated rings. The van der Waals surface area contributed by atoms with Gasteiger partial charge in [0.25, 0.3) is 0 Å². The summed E-state index contributed by atoms with van der Waals surface area (Å²) in [6, 6.07) is 3.93. The quantitative estimate of drug-likeness (QED) is 0.846. The Hall–Kier alpha value is -0.980. The van der Waals surface area contributed by atoms with Crippen molar-refractivity contribution in [2.24, 2.45) is 0 Å². The van der Waals surface area contributed by atoms with Crippen molar-refractivity contribution < 1.29 is 12.8 Å². The van der Waals surface area contributed by atoms with E-state index < -0.39 is 15.8 Å². The number of hydrogen-bond acceptors (Lipinski definition) is 3. The molecule has 2 N–H and O–H groups in total. The van der Waals surface area contributed by atoms with Gasteiger partial charge in [-0.05, 0) is 50.9 Å². The summed E-state index contributed by atoms with van der Waals surface area (Å²) in [7, 11) is -1.90. The summed E-state index contributed by atoms with van der Waals surface area (Å²) in [6.45, 7) is 2.28. The summed E-state index contributed by atoms with van der Waals surface area (Å²) in [6.07, 6.45) is 3.56. The van der Waals surface area contributed by atoms with Gasteiger partial charge < -0.3 is 5.32 Å². The fourth-order valence-corrected chi connectivity index (χ4v) is 4.10. The average Bonchev–Trinajstić information content (AvgIpc) is 2.36. The third-order valence-corrected chi connectivity index (χ3v) is 5.61. The Bertz CT molecular complexity index is 577. The molecule has 0 radical (unpaired) electrons. The zero-order valence-electron chi connectivity index (χ0n) is 11.9. The van der Waals surface area contributed by atoms with E-state index in [1.165, 1.54) is 18.2 Å². The van der Waals surface area contributed by atoms with E-state index in [0.717, 1.165) is 25.7 Å². The second-order valence-electron chi connectivity index (χ2n) is 5.38. The molecule has 1 aromatic rings. The molecular weight excluding hydrogens is 279 g/mol. The van der Waals surface area contributed by atoms with Crippen molar-refractivity contribution in [3.8, 4) is 0 Å². The average molecular weight is 300 g/mol. The van der Waals surface area contributed by atoms with Crippen LogP contribution in [0.4, 0.5) is 4.39 Å². The van der Waals surface area contributed by atoms with Gasteiger partial charge in [-0.3, -0.25) is 0 Å². The highest BCUT2D eigenvalue weighted by atomic mass is 32.2. The van der Waals surface area contributed by atoms with Crippen LogP contribution in [0.15, 0.2) is 23.1 Å². The van der Waals surface area contributed by atoms with Crippen molar-refractivity contribution in [2.75, 3.05) is 7.05 Å². The van der Waals surface area contributed by atoms with Gasteiger partial charge in [-0.2, -0.15) is 0 Å². The number of sulfonamides is 1. The Morgan fingerprint density at radius 3 is 2.55 bits per heavy atom. The lowest BCUT2D eigenvalue weighted by molar-refractivity contribution is 0.214. The maximum absolute atomic E-state index is 13.6. The number of hydrogen-bond donors (Lipinski definition) is 2. The highest BCUT2D eigenvalue weighted by Crippen LogP contribution is 2.36. The Balaban J connectivity index is 2.27. The molecule has 1 aliphatic rings. The lowest BCUT2D eigenvalue weighted by Crippen LogP contribution is -2.52. The Labute approximate surface area is 119 Å². The molecule has 2 rings (SSSR count). The van der Waals surface area contributed by atoms with Crippen LogP contribution in [0.5, 0.6) is 0 Å². The molecule has 1 aromatic carbocycles. The van der Waals surface area contributed by atoms with Gasteiger partial charge in [0.1, 0.15) is 5.82 Å². The predicted octanol–water partition coefficient (Wildman–Crippen LogP) is 2.16. The molecule has 1 aliphatic carbocycles. The molecule has 20 heavy (non-hydrogen) atoms. The lowest BCUT2D eigenvalue weighted by atomic mass is 9.76. The first kappa shape index (κ1) is 15.4. The van der Waals surface area contributed by atoms with E-state index in [1.54, 1.807) is 7.05 Å². The molecule has 6 heteroatoms. The van der Waals surface area contributed by atoms with Crippen LogP contribution in [0.2, 0.25) is 0 Å². The fraction of sp³-hybridized carbons (Fsp3) is 0.571. The molecule has 0 atom stereocenters. The van der Waals surface area contributed by atoms with Crippen molar-refractivity contribution >= 4 is 10.0 Å². The molecular formula is C14H21FN2O2S. The van der Waals surface area contributed by atoms with Crippen LogP contribution >= 0.6 is 0 Å². The summed E-state index contributed by atoms with van der Waals surface area (Å²) in [5.41, 5.74) is 0.0469. The van der Waals surface area contributed by atoms with Crippen molar-refractivity contribution in [2.45, 2.75) is 49.6 Å². The SMILES string of the molecule is CCC1(NS(=O)(=O)c2ccc(F)c(CNC)c2)CCC1. The first-order valence-electron chi connectivity index (χ1n) is 6.89. The van der Waals surface area contributed by atoms with Crippen LogP contribution in [0.25, 0.3) is 0 Å². The Morgan fingerprint density at radius 1 is 1.35 bits per heavy atom. The first-order valence-corrected chi connectivity index (χ1v) is 8.38. The van der Waals surface area contributed by atoms with Crippen molar-refractivity contribution in [1.29, 1.82) is 0 Å². The fourth-order valence-electron chi connectivity index (χ4n) is 2.52. The van der Waals surface area contributed by atoms with Crippen LogP contribution in [-0.2, 0) is 16.6 Å². The summed E-state index contributed by atoms with van der Waals surface area (Å²) < 4.78 is 41.2. The first-order chi connectivity index (χ1) is 9.42. The minimum Gasteiger partial charge on any atom is -0.316 e. The van der Waals surface area contributed by atoms with E-state index >= 15 is 0 Å². The maximum atomic E-state index is 13.6. The summed E-state index contributed by atoms with van der Waals surface area (Å²) in [5.74, 6) is -0.396. The topological polar surface area (TPSA) is 58.2 Å². The number of nitrogens with one attached hydrogen (secondary N) is 2. The molecule has 0 aromatic heterocycles. The van der Waals surface area contributed by atoms with Gasteiger partial charge in [-0.1, -0.05) is 6.92 Å². The van der Waals surface area contributed by atoms with Crippen molar-refractivity contribution in [3.05, 3.63) is 29.6 Å². The molecule has 0 aliphatic heterocycles. The molecule has 1 saturated carbocycles. The van der Waals surface area contributed by atoms with E-state index in [-0.39, 0.29) is 10.4 Å². The largest absolute Gasteiger partial charge is 0.316 e. The van der Waals surface area contributed by atoms with Gasteiger partial charge in [0.2, 0.25) is 10.0 Å². The summed E-state index contributed by atoms with van der Waals surface area (Å²) in [4.78, 5) is 0.129. The molecule has 0 heterocycles. The zero-order valence-corrected chi connectivity index (χ0v) is 12.7. The third-order valence-electron chi connectivity index (χ3n) is 4.03. The highest BCUT2D eigenvalue weighted by Gasteiger charge is 2.39. The lowest BCUT2D eigenvalue weighted by Gasteiger charge is -2.41. The number of halogens is 1. The van der Waals surface area contributed by atoms with E-state index in [1.807, 2.05) is 6.92 Å². The smallest absolute Gasteiger partial charge is 0.241 e. The number of benzene rings is 1. The summed E-state index contributed by atoms with van der Waals surface area (Å²) in [5, 5.41) is 2.83. The Kier molecular flexibility index (Phi) is 4.46.